The Balaban J connectivity index is 0.00000169. The summed E-state index contributed by atoms with van der Waals surface area (Å²) in [5.74, 6) is -0.606. The molecule has 0 unspecified atom stereocenters. The van der Waals surface area contributed by atoms with Crippen LogP contribution >= 0.6 is 0 Å². The number of ether oxygens (including phenoxy) is 1. The van der Waals surface area contributed by atoms with Crippen LogP contribution < -0.4 is 39.4 Å². The fourth-order valence-electron chi connectivity index (χ4n) is 1.02. The fourth-order valence-corrected chi connectivity index (χ4v) is 1.02. The second-order valence-corrected chi connectivity index (χ2v) is 2.86. The van der Waals surface area contributed by atoms with Crippen molar-refractivity contribution in [2.75, 3.05) is 6.61 Å². The van der Waals surface area contributed by atoms with Crippen molar-refractivity contribution >= 4 is 5.97 Å². The summed E-state index contributed by atoms with van der Waals surface area (Å²) in [6.07, 6.45) is 0. The zero-order chi connectivity index (χ0) is 9.84. The van der Waals surface area contributed by atoms with Gasteiger partial charge >= 0.3 is 29.6 Å². The molecule has 1 aromatic rings. The van der Waals surface area contributed by atoms with Crippen LogP contribution in [0.5, 0.6) is 5.75 Å². The maximum Gasteiger partial charge on any atom is 1.00 e. The minimum Gasteiger partial charge on any atom is -0.546 e. The second-order valence-electron chi connectivity index (χ2n) is 2.86. The van der Waals surface area contributed by atoms with Gasteiger partial charge in [-0.3, -0.25) is 0 Å². The molecule has 14 heavy (non-hydrogen) atoms. The van der Waals surface area contributed by atoms with Gasteiger partial charge in [0.15, 0.2) is 0 Å². The molecule has 0 aromatic heterocycles. The van der Waals surface area contributed by atoms with Gasteiger partial charge in [0, 0.05) is 0 Å². The number of carboxylic acid groups (broad SMARTS) is 1. The average molecular weight is 202 g/mol. The van der Waals surface area contributed by atoms with Gasteiger partial charge in [0.1, 0.15) is 12.4 Å². The monoisotopic (exact) mass is 202 g/mol. The molecule has 0 spiro atoms. The molecular formula is C10H11NaO3. The summed E-state index contributed by atoms with van der Waals surface area (Å²) in [5.41, 5.74) is 2.04. The van der Waals surface area contributed by atoms with Gasteiger partial charge in [0.2, 0.25) is 0 Å². The third-order valence-corrected chi connectivity index (χ3v) is 1.90. The molecule has 0 amide bonds. The first-order valence-electron chi connectivity index (χ1n) is 4.00. The van der Waals surface area contributed by atoms with Crippen molar-refractivity contribution in [3.8, 4) is 5.75 Å². The van der Waals surface area contributed by atoms with Crippen LogP contribution in [0.1, 0.15) is 11.1 Å². The van der Waals surface area contributed by atoms with Crippen molar-refractivity contribution in [2.45, 2.75) is 13.8 Å². The molecule has 0 saturated carbocycles. The minimum absolute atomic E-state index is 0. The van der Waals surface area contributed by atoms with E-state index in [4.69, 9.17) is 4.74 Å². The molecular weight excluding hydrogens is 191 g/mol. The Morgan fingerprint density at radius 2 is 2.07 bits per heavy atom. The van der Waals surface area contributed by atoms with Crippen molar-refractivity contribution < 1.29 is 44.2 Å². The maximum absolute atomic E-state index is 10.1. The topological polar surface area (TPSA) is 49.4 Å². The van der Waals surface area contributed by atoms with E-state index in [2.05, 4.69) is 0 Å². The number of rotatable bonds is 3. The van der Waals surface area contributed by atoms with Gasteiger partial charge in [0.25, 0.3) is 0 Å². The molecule has 0 atom stereocenters. The van der Waals surface area contributed by atoms with Crippen LogP contribution in [0.4, 0.5) is 0 Å². The quantitative estimate of drug-likeness (QED) is 0.506. The standard InChI is InChI=1S/C10H12O3.Na/c1-7-4-3-5-9(8(7)2)13-6-10(11)12;/h3-5H,6H2,1-2H3,(H,11,12);/q;+1/p-1. The van der Waals surface area contributed by atoms with Gasteiger partial charge in [-0.15, -0.1) is 0 Å². The van der Waals surface area contributed by atoms with Crippen LogP contribution in [-0.4, -0.2) is 12.6 Å². The SMILES string of the molecule is Cc1cccc(OCC(=O)[O-])c1C.[Na+]. The van der Waals surface area contributed by atoms with Crippen molar-refractivity contribution in [3.63, 3.8) is 0 Å². The van der Waals surface area contributed by atoms with E-state index in [9.17, 15) is 9.90 Å². The van der Waals surface area contributed by atoms with Crippen molar-refractivity contribution in [1.29, 1.82) is 0 Å². The van der Waals surface area contributed by atoms with Gasteiger partial charge in [-0.1, -0.05) is 12.1 Å². The number of benzene rings is 1. The Labute approximate surface area is 105 Å². The molecule has 0 bridgehead atoms. The van der Waals surface area contributed by atoms with Crippen molar-refractivity contribution in [1.82, 2.24) is 0 Å². The number of carbonyl (C=O) groups excluding carboxylic acids is 1. The number of aliphatic carboxylic acids is 1. The summed E-state index contributed by atoms with van der Waals surface area (Å²) < 4.78 is 5.02. The predicted octanol–water partition coefficient (Wildman–Crippen LogP) is -2.56. The van der Waals surface area contributed by atoms with Crippen LogP contribution in [0.2, 0.25) is 0 Å². The molecule has 1 rings (SSSR count). The number of hydrogen-bond acceptors (Lipinski definition) is 3. The van der Waals surface area contributed by atoms with Gasteiger partial charge in [-0.25, -0.2) is 0 Å². The zero-order valence-electron chi connectivity index (χ0n) is 8.66. The summed E-state index contributed by atoms with van der Waals surface area (Å²) in [6, 6.07) is 5.51. The summed E-state index contributed by atoms with van der Waals surface area (Å²) in [4.78, 5) is 10.1. The van der Waals surface area contributed by atoms with Crippen LogP contribution in [0, 0.1) is 13.8 Å². The Morgan fingerprint density at radius 1 is 1.43 bits per heavy atom. The van der Waals surface area contributed by atoms with Gasteiger partial charge in [-0.05, 0) is 31.0 Å². The molecule has 1 aromatic carbocycles. The van der Waals surface area contributed by atoms with Crippen molar-refractivity contribution in [2.24, 2.45) is 0 Å². The van der Waals surface area contributed by atoms with E-state index >= 15 is 0 Å². The Hall–Kier alpha value is -0.510. The van der Waals surface area contributed by atoms with E-state index in [1.54, 1.807) is 6.07 Å². The van der Waals surface area contributed by atoms with E-state index in [1.807, 2.05) is 26.0 Å². The molecule has 0 aliphatic carbocycles. The molecule has 0 fully saturated rings. The fraction of sp³-hybridized carbons (Fsp3) is 0.300. The molecule has 0 saturated heterocycles. The normalized spacial score (nSPS) is 9.00. The summed E-state index contributed by atoms with van der Waals surface area (Å²) >= 11 is 0. The van der Waals surface area contributed by atoms with Crippen LogP contribution in [0.25, 0.3) is 0 Å². The van der Waals surface area contributed by atoms with Gasteiger partial charge < -0.3 is 14.6 Å². The second kappa shape index (κ2) is 6.06. The third-order valence-electron chi connectivity index (χ3n) is 1.90. The van der Waals surface area contributed by atoms with Crippen molar-refractivity contribution in [3.05, 3.63) is 29.3 Å². The Kier molecular flexibility index (Phi) is 5.84. The molecule has 0 aliphatic rings. The van der Waals surface area contributed by atoms with Crippen LogP contribution in [0.15, 0.2) is 18.2 Å². The first-order valence-corrected chi connectivity index (χ1v) is 4.00. The third kappa shape index (κ3) is 3.70. The van der Waals surface area contributed by atoms with E-state index in [-0.39, 0.29) is 29.6 Å². The van der Waals surface area contributed by atoms with E-state index < -0.39 is 12.6 Å². The van der Waals surface area contributed by atoms with Gasteiger partial charge in [0.05, 0.1) is 5.97 Å². The largest absolute Gasteiger partial charge is 1.00 e. The zero-order valence-corrected chi connectivity index (χ0v) is 10.7. The molecule has 70 valence electrons. The summed E-state index contributed by atoms with van der Waals surface area (Å²) in [7, 11) is 0. The van der Waals surface area contributed by atoms with E-state index in [0.717, 1.165) is 11.1 Å². The first kappa shape index (κ1) is 13.5. The van der Waals surface area contributed by atoms with Gasteiger partial charge in [-0.2, -0.15) is 0 Å². The maximum atomic E-state index is 10.1. The molecule has 0 radical (unpaired) electrons. The summed E-state index contributed by atoms with van der Waals surface area (Å²) in [6.45, 7) is 3.44. The van der Waals surface area contributed by atoms with E-state index in [0.29, 0.717) is 5.75 Å². The minimum atomic E-state index is -1.21. The predicted molar refractivity (Wildman–Crippen MR) is 46.4 cm³/mol. The molecule has 0 N–H and O–H groups in total. The first-order chi connectivity index (χ1) is 6.11. The molecule has 0 aliphatic heterocycles. The summed E-state index contributed by atoms with van der Waals surface area (Å²) in [5, 5.41) is 10.1. The Bertz CT molecular complexity index is 323. The molecule has 4 heteroatoms. The number of carbonyl (C=O) groups is 1. The van der Waals surface area contributed by atoms with Crippen LogP contribution in [0.3, 0.4) is 0 Å². The van der Waals surface area contributed by atoms with Crippen LogP contribution in [-0.2, 0) is 4.79 Å². The number of hydrogen-bond donors (Lipinski definition) is 0. The molecule has 0 heterocycles. The number of carboxylic acids is 1. The average Bonchev–Trinajstić information content (AvgIpc) is 2.07. The number of aryl methyl sites for hydroxylation is 1. The van der Waals surface area contributed by atoms with E-state index in [1.165, 1.54) is 0 Å². The smallest absolute Gasteiger partial charge is 0.546 e. The molecule has 3 nitrogen and oxygen atoms in total. The Morgan fingerprint density at radius 3 is 2.64 bits per heavy atom.